The number of nitrogens with zero attached hydrogens (tertiary/aromatic N) is 3. The van der Waals surface area contributed by atoms with E-state index in [0.29, 0.717) is 11.6 Å². The van der Waals surface area contributed by atoms with Crippen LogP contribution in [0, 0.1) is 0 Å². The summed E-state index contributed by atoms with van der Waals surface area (Å²) in [5, 5.41) is 9.47. The maximum Gasteiger partial charge on any atom is 0.275 e. The lowest BCUT2D eigenvalue weighted by atomic mass is 10.2. The second-order valence-corrected chi connectivity index (χ2v) is 7.12. The van der Waals surface area contributed by atoms with E-state index < -0.39 is 10.0 Å². The zero-order valence-corrected chi connectivity index (χ0v) is 13.4. The van der Waals surface area contributed by atoms with Gasteiger partial charge in [0, 0.05) is 24.9 Å². The van der Waals surface area contributed by atoms with Crippen molar-refractivity contribution in [1.29, 1.82) is 0 Å². The average Bonchev–Trinajstić information content (AvgIpc) is 3.02. The lowest BCUT2D eigenvalue weighted by molar-refractivity contribution is 0.249. The van der Waals surface area contributed by atoms with Gasteiger partial charge in [-0.3, -0.25) is 0 Å². The maximum atomic E-state index is 12.0. The molecule has 0 atom stereocenters. The molecule has 7 nitrogen and oxygen atoms in total. The van der Waals surface area contributed by atoms with Gasteiger partial charge in [0.15, 0.2) is 0 Å². The summed E-state index contributed by atoms with van der Waals surface area (Å²) in [5.74, 6) is 0.761. The fourth-order valence-electron chi connectivity index (χ4n) is 2.00. The zero-order chi connectivity index (χ0) is 16.4. The van der Waals surface area contributed by atoms with Crippen molar-refractivity contribution >= 4 is 20.8 Å². The highest BCUT2D eigenvalue weighted by Gasteiger charge is 2.21. The van der Waals surface area contributed by atoms with Gasteiger partial charge in [-0.2, -0.15) is 5.10 Å². The van der Waals surface area contributed by atoms with E-state index in [1.54, 1.807) is 12.3 Å². The first kappa shape index (κ1) is 15.4. The molecule has 0 spiro atoms. The first-order chi connectivity index (χ1) is 11.0. The van der Waals surface area contributed by atoms with Gasteiger partial charge in [0.25, 0.3) is 10.0 Å². The Balaban J connectivity index is 1.80. The molecule has 120 valence electrons. The molecule has 0 fully saturated rings. The van der Waals surface area contributed by atoms with Gasteiger partial charge in [-0.15, -0.1) is 5.10 Å². The number of sulfonamides is 1. The Hall–Kier alpha value is -2.45. The number of hydrogen-bond acceptors (Lipinski definition) is 6. The van der Waals surface area contributed by atoms with Crippen LogP contribution in [0.25, 0.3) is 10.8 Å². The Kier molecular flexibility index (Phi) is 4.01. The standard InChI is InChI=1S/C15H15N3O4S/c1-18(2)23(19,20)14-8-7-12(22-14)10-21-15-13-6-4-3-5-11(13)9-16-17-15/h3-9H,10H2,1-2H3. The molecule has 0 bridgehead atoms. The Morgan fingerprint density at radius 1 is 1.17 bits per heavy atom. The highest BCUT2D eigenvalue weighted by molar-refractivity contribution is 7.88. The highest BCUT2D eigenvalue weighted by atomic mass is 32.2. The second kappa shape index (κ2) is 5.98. The van der Waals surface area contributed by atoms with Crippen molar-refractivity contribution in [3.05, 3.63) is 48.4 Å². The third-order valence-corrected chi connectivity index (χ3v) is 4.95. The first-order valence-electron chi connectivity index (χ1n) is 6.83. The largest absolute Gasteiger partial charge is 0.468 e. The van der Waals surface area contributed by atoms with Crippen molar-refractivity contribution in [2.24, 2.45) is 0 Å². The van der Waals surface area contributed by atoms with Gasteiger partial charge in [-0.05, 0) is 18.2 Å². The number of rotatable bonds is 5. The van der Waals surface area contributed by atoms with Crippen LogP contribution in [0.1, 0.15) is 5.76 Å². The van der Waals surface area contributed by atoms with Crippen molar-refractivity contribution in [1.82, 2.24) is 14.5 Å². The summed E-state index contributed by atoms with van der Waals surface area (Å²) in [6.07, 6.45) is 1.65. The maximum absolute atomic E-state index is 12.0. The Morgan fingerprint density at radius 2 is 1.96 bits per heavy atom. The minimum atomic E-state index is -3.59. The van der Waals surface area contributed by atoms with Crippen LogP contribution in [-0.2, 0) is 16.6 Å². The molecule has 8 heteroatoms. The molecule has 2 heterocycles. The molecule has 3 aromatic rings. The third-order valence-electron chi connectivity index (χ3n) is 3.26. The first-order valence-corrected chi connectivity index (χ1v) is 8.27. The topological polar surface area (TPSA) is 85.5 Å². The van der Waals surface area contributed by atoms with E-state index in [-0.39, 0.29) is 11.7 Å². The summed E-state index contributed by atoms with van der Waals surface area (Å²) in [5.41, 5.74) is 0. The molecule has 0 aliphatic carbocycles. The second-order valence-electron chi connectivity index (χ2n) is 5.03. The molecule has 23 heavy (non-hydrogen) atoms. The third kappa shape index (κ3) is 3.03. The number of fused-ring (bicyclic) bond motifs is 1. The van der Waals surface area contributed by atoms with Crippen LogP contribution in [0.5, 0.6) is 5.88 Å². The summed E-state index contributed by atoms with van der Waals surface area (Å²) in [6, 6.07) is 10.5. The minimum absolute atomic E-state index is 0.0611. The molecule has 3 rings (SSSR count). The van der Waals surface area contributed by atoms with Crippen LogP contribution in [0.3, 0.4) is 0 Å². The lowest BCUT2D eigenvalue weighted by Crippen LogP contribution is -2.21. The molecule has 2 aromatic heterocycles. The van der Waals surface area contributed by atoms with Crippen LogP contribution in [0.2, 0.25) is 0 Å². The van der Waals surface area contributed by atoms with Crippen LogP contribution < -0.4 is 4.74 Å². The fraction of sp³-hybridized carbons (Fsp3) is 0.200. The van der Waals surface area contributed by atoms with Gasteiger partial charge >= 0.3 is 0 Å². The van der Waals surface area contributed by atoms with E-state index in [2.05, 4.69) is 10.2 Å². The zero-order valence-electron chi connectivity index (χ0n) is 12.6. The normalized spacial score (nSPS) is 12.0. The molecule has 0 aliphatic rings. The number of aromatic nitrogens is 2. The van der Waals surface area contributed by atoms with E-state index in [0.717, 1.165) is 15.1 Å². The Bertz CT molecular complexity index is 929. The Labute approximate surface area is 133 Å². The number of ether oxygens (including phenoxy) is 1. The fourth-order valence-corrected chi connectivity index (χ4v) is 2.81. The quantitative estimate of drug-likeness (QED) is 0.710. The molecular formula is C15H15N3O4S. The smallest absolute Gasteiger partial charge is 0.275 e. The number of hydrogen-bond donors (Lipinski definition) is 0. The minimum Gasteiger partial charge on any atom is -0.468 e. The molecular weight excluding hydrogens is 318 g/mol. The molecule has 0 saturated carbocycles. The van der Waals surface area contributed by atoms with Gasteiger partial charge in [-0.25, -0.2) is 12.7 Å². The van der Waals surface area contributed by atoms with Crippen molar-refractivity contribution in [2.45, 2.75) is 11.7 Å². The van der Waals surface area contributed by atoms with E-state index in [4.69, 9.17) is 9.15 Å². The molecule has 1 aromatic carbocycles. The van der Waals surface area contributed by atoms with Crippen molar-refractivity contribution < 1.29 is 17.6 Å². The molecule has 0 N–H and O–H groups in total. The van der Waals surface area contributed by atoms with Gasteiger partial charge in [0.05, 0.1) is 6.20 Å². The van der Waals surface area contributed by atoms with E-state index in [1.807, 2.05) is 24.3 Å². The summed E-state index contributed by atoms with van der Waals surface area (Å²) < 4.78 is 36.0. The van der Waals surface area contributed by atoms with Crippen LogP contribution in [-0.4, -0.2) is 37.0 Å². The summed E-state index contributed by atoms with van der Waals surface area (Å²) in [4.78, 5) is 0. The molecule has 0 radical (unpaired) electrons. The van der Waals surface area contributed by atoms with Gasteiger partial charge in [-0.1, -0.05) is 18.2 Å². The lowest BCUT2D eigenvalue weighted by Gasteiger charge is -2.08. The van der Waals surface area contributed by atoms with E-state index in [1.165, 1.54) is 20.2 Å². The molecule has 0 saturated heterocycles. The average molecular weight is 333 g/mol. The predicted molar refractivity (Wildman–Crippen MR) is 83.5 cm³/mol. The Morgan fingerprint density at radius 3 is 2.74 bits per heavy atom. The van der Waals surface area contributed by atoms with E-state index >= 15 is 0 Å². The van der Waals surface area contributed by atoms with E-state index in [9.17, 15) is 8.42 Å². The van der Waals surface area contributed by atoms with Crippen LogP contribution in [0.15, 0.2) is 52.1 Å². The molecule has 0 unspecified atom stereocenters. The van der Waals surface area contributed by atoms with Crippen LogP contribution in [0.4, 0.5) is 0 Å². The SMILES string of the molecule is CN(C)S(=O)(=O)c1ccc(COc2nncc3ccccc23)o1. The molecule has 0 amide bonds. The predicted octanol–water partition coefficient (Wildman–Crippen LogP) is 2.05. The molecule has 0 aliphatic heterocycles. The monoisotopic (exact) mass is 333 g/mol. The summed E-state index contributed by atoms with van der Waals surface area (Å²) in [6.45, 7) is 0.0611. The van der Waals surface area contributed by atoms with Crippen LogP contribution >= 0.6 is 0 Å². The summed E-state index contributed by atoms with van der Waals surface area (Å²) in [7, 11) is -0.702. The number of benzene rings is 1. The van der Waals surface area contributed by atoms with Gasteiger partial charge < -0.3 is 9.15 Å². The van der Waals surface area contributed by atoms with Crippen molar-refractivity contribution in [3.63, 3.8) is 0 Å². The van der Waals surface area contributed by atoms with Crippen molar-refractivity contribution in [3.8, 4) is 5.88 Å². The van der Waals surface area contributed by atoms with Gasteiger partial charge in [0.1, 0.15) is 12.4 Å². The van der Waals surface area contributed by atoms with Crippen molar-refractivity contribution in [2.75, 3.05) is 14.1 Å². The summed E-state index contributed by atoms with van der Waals surface area (Å²) >= 11 is 0. The highest BCUT2D eigenvalue weighted by Crippen LogP contribution is 2.23. The number of furan rings is 1. The van der Waals surface area contributed by atoms with Gasteiger partial charge in [0.2, 0.25) is 11.0 Å².